The van der Waals surface area contributed by atoms with Crippen molar-refractivity contribution in [2.45, 2.75) is 106 Å². The van der Waals surface area contributed by atoms with Crippen LogP contribution >= 0.6 is 0 Å². The number of rotatable bonds is 2. The minimum absolute atomic E-state index is 0.0156. The van der Waals surface area contributed by atoms with Crippen LogP contribution < -0.4 is 0 Å². The molecule has 152 valence electrons. The third kappa shape index (κ3) is 8.58. The predicted molar refractivity (Wildman–Crippen MR) is 115 cm³/mol. The van der Waals surface area contributed by atoms with Crippen LogP contribution in [0.2, 0.25) is 0 Å². The smallest absolute Gasteiger partial charge is 0.135 e. The topological polar surface area (TPSA) is 18.5 Å². The fraction of sp³-hybridized carbons (Fsp3) is 0.750. The second-order valence-electron chi connectivity index (χ2n) is 11.2. The van der Waals surface area contributed by atoms with E-state index >= 15 is 0 Å². The molecule has 0 bridgehead atoms. The Labute approximate surface area is 163 Å². The summed E-state index contributed by atoms with van der Waals surface area (Å²) in [5, 5.41) is 0. The van der Waals surface area contributed by atoms with Crippen molar-refractivity contribution in [3.05, 3.63) is 36.6 Å². The minimum Gasteiger partial charge on any atom is -0.491 e. The van der Waals surface area contributed by atoms with E-state index in [0.29, 0.717) is 0 Å². The van der Waals surface area contributed by atoms with Crippen LogP contribution in [0, 0.1) is 10.8 Å². The molecule has 1 rings (SSSR count). The molecule has 26 heavy (non-hydrogen) atoms. The zero-order valence-corrected chi connectivity index (χ0v) is 19.5. The van der Waals surface area contributed by atoms with Crippen molar-refractivity contribution >= 4 is 0 Å². The van der Waals surface area contributed by atoms with Gasteiger partial charge in [0.2, 0.25) is 0 Å². The van der Waals surface area contributed by atoms with E-state index in [4.69, 9.17) is 9.47 Å². The van der Waals surface area contributed by atoms with Crippen LogP contribution in [0.5, 0.6) is 0 Å². The van der Waals surface area contributed by atoms with Gasteiger partial charge >= 0.3 is 0 Å². The van der Waals surface area contributed by atoms with E-state index in [1.165, 1.54) is 5.57 Å². The Morgan fingerprint density at radius 3 is 1.54 bits per heavy atom. The lowest BCUT2D eigenvalue weighted by atomic mass is 9.70. The monoisotopic (exact) mass is 364 g/mol. The molecule has 0 saturated heterocycles. The van der Waals surface area contributed by atoms with E-state index in [-0.39, 0.29) is 27.6 Å². The Balaban J connectivity index is 0.000000590. The third-order valence-electron chi connectivity index (χ3n) is 4.20. The van der Waals surface area contributed by atoms with Gasteiger partial charge in [-0.15, -0.1) is 0 Å². The Morgan fingerprint density at radius 1 is 0.885 bits per heavy atom. The van der Waals surface area contributed by atoms with Crippen molar-refractivity contribution in [3.8, 4) is 0 Å². The van der Waals surface area contributed by atoms with Crippen molar-refractivity contribution < 1.29 is 9.47 Å². The first-order chi connectivity index (χ1) is 11.3. The molecule has 0 radical (unpaired) electrons. The summed E-state index contributed by atoms with van der Waals surface area (Å²) in [5.74, 6) is 0. The highest BCUT2D eigenvalue weighted by molar-refractivity contribution is 5.33. The quantitative estimate of drug-likeness (QED) is 0.473. The molecule has 0 aromatic rings. The fourth-order valence-electron chi connectivity index (χ4n) is 3.07. The molecule has 0 fully saturated rings. The second kappa shape index (κ2) is 8.33. The molecule has 0 aromatic heterocycles. The summed E-state index contributed by atoms with van der Waals surface area (Å²) in [6.45, 7) is 29.4. The summed E-state index contributed by atoms with van der Waals surface area (Å²) in [5.41, 5.74) is 1.34. The number of allylic oxidation sites excluding steroid dienone is 2. The first-order valence-electron chi connectivity index (χ1n) is 9.72. The maximum atomic E-state index is 5.83. The molecule has 0 amide bonds. The molecular weight excluding hydrogens is 320 g/mol. The van der Waals surface area contributed by atoms with Gasteiger partial charge in [-0.2, -0.15) is 0 Å². The maximum absolute atomic E-state index is 5.83. The zero-order chi connectivity index (χ0) is 21.0. The van der Waals surface area contributed by atoms with E-state index in [9.17, 15) is 0 Å². The van der Waals surface area contributed by atoms with Gasteiger partial charge < -0.3 is 9.47 Å². The summed E-state index contributed by atoms with van der Waals surface area (Å²) >= 11 is 0. The van der Waals surface area contributed by atoms with Gasteiger partial charge in [0.25, 0.3) is 0 Å². The van der Waals surface area contributed by atoms with Crippen LogP contribution in [0.1, 0.15) is 89.5 Å². The van der Waals surface area contributed by atoms with Crippen molar-refractivity contribution in [3.63, 3.8) is 0 Å². The molecule has 1 aliphatic carbocycles. The van der Waals surface area contributed by atoms with Gasteiger partial charge in [-0.1, -0.05) is 60.3 Å². The molecule has 0 spiro atoms. The molecule has 1 unspecified atom stereocenters. The molecule has 0 saturated carbocycles. The average Bonchev–Trinajstić information content (AvgIpc) is 2.33. The summed E-state index contributed by atoms with van der Waals surface area (Å²) in [6, 6.07) is 0. The standard InChI is InChI=1S/C16H26O.C8H18O/c1-8-17-16(15(5,6)7)11-9-13(10-12-16)14(2,3)4;1-7(2,3)9-8(4,5)6/h8-11H,1,12H2,2-7H3;1-6H3. The van der Waals surface area contributed by atoms with Gasteiger partial charge in [-0.25, -0.2) is 0 Å². The number of ether oxygens (including phenoxy) is 2. The van der Waals surface area contributed by atoms with Gasteiger partial charge in [-0.3, -0.25) is 0 Å². The third-order valence-corrected chi connectivity index (χ3v) is 4.20. The molecule has 0 heterocycles. The Morgan fingerprint density at radius 2 is 1.35 bits per heavy atom. The first-order valence-corrected chi connectivity index (χ1v) is 9.72. The lowest BCUT2D eigenvalue weighted by Gasteiger charge is -2.43. The Hall–Kier alpha value is -1.02. The molecule has 0 aliphatic heterocycles. The van der Waals surface area contributed by atoms with Gasteiger partial charge in [0.15, 0.2) is 0 Å². The molecule has 0 N–H and O–H groups in total. The second-order valence-corrected chi connectivity index (χ2v) is 11.2. The van der Waals surface area contributed by atoms with Crippen LogP contribution in [0.15, 0.2) is 36.6 Å². The SMILES string of the molecule is C=COC1(C(C)(C)C)C=CC(C(C)(C)C)=CC1.CC(C)(C)OC(C)(C)C. The molecule has 2 heteroatoms. The molecular formula is C24H44O2. The Kier molecular flexibility index (Phi) is 8.01. The van der Waals surface area contributed by atoms with E-state index < -0.39 is 0 Å². The minimum atomic E-state index is -0.260. The number of hydrogen-bond donors (Lipinski definition) is 0. The van der Waals surface area contributed by atoms with E-state index in [0.717, 1.165) is 6.42 Å². The van der Waals surface area contributed by atoms with Crippen LogP contribution in [0.3, 0.4) is 0 Å². The van der Waals surface area contributed by atoms with E-state index in [2.05, 4.69) is 108 Å². The highest BCUT2D eigenvalue weighted by Crippen LogP contribution is 2.43. The zero-order valence-electron chi connectivity index (χ0n) is 19.5. The molecule has 1 atom stereocenters. The predicted octanol–water partition coefficient (Wildman–Crippen LogP) is 7.46. The normalized spacial score (nSPS) is 21.5. The summed E-state index contributed by atoms with van der Waals surface area (Å²) in [7, 11) is 0. The highest BCUT2D eigenvalue weighted by Gasteiger charge is 2.42. The summed E-state index contributed by atoms with van der Waals surface area (Å²) in [4.78, 5) is 0. The first kappa shape index (κ1) is 25.0. The number of hydrogen-bond acceptors (Lipinski definition) is 2. The van der Waals surface area contributed by atoms with E-state index in [1.807, 2.05) is 0 Å². The van der Waals surface area contributed by atoms with Crippen molar-refractivity contribution in [1.82, 2.24) is 0 Å². The van der Waals surface area contributed by atoms with Gasteiger partial charge in [0, 0.05) is 11.8 Å². The van der Waals surface area contributed by atoms with Gasteiger partial charge in [0.05, 0.1) is 17.5 Å². The van der Waals surface area contributed by atoms with Gasteiger partial charge in [0.1, 0.15) is 5.60 Å². The lowest BCUT2D eigenvalue weighted by molar-refractivity contribution is -0.102. The van der Waals surface area contributed by atoms with Gasteiger partial charge in [-0.05, 0) is 58.6 Å². The maximum Gasteiger partial charge on any atom is 0.135 e. The van der Waals surface area contributed by atoms with Crippen molar-refractivity contribution in [2.24, 2.45) is 10.8 Å². The fourth-order valence-corrected chi connectivity index (χ4v) is 3.07. The molecule has 2 nitrogen and oxygen atoms in total. The van der Waals surface area contributed by atoms with Crippen LogP contribution in [0.4, 0.5) is 0 Å². The van der Waals surface area contributed by atoms with Crippen LogP contribution in [-0.2, 0) is 9.47 Å². The van der Waals surface area contributed by atoms with E-state index in [1.54, 1.807) is 6.26 Å². The summed E-state index contributed by atoms with van der Waals surface area (Å²) in [6.07, 6.45) is 9.18. The lowest BCUT2D eigenvalue weighted by Crippen LogP contribution is -2.43. The van der Waals surface area contributed by atoms with Crippen LogP contribution in [-0.4, -0.2) is 16.8 Å². The van der Waals surface area contributed by atoms with Crippen molar-refractivity contribution in [1.29, 1.82) is 0 Å². The van der Waals surface area contributed by atoms with Crippen molar-refractivity contribution in [2.75, 3.05) is 0 Å². The average molecular weight is 365 g/mol. The molecule has 0 aromatic carbocycles. The summed E-state index contributed by atoms with van der Waals surface area (Å²) < 4.78 is 11.5. The van der Waals surface area contributed by atoms with Crippen LogP contribution in [0.25, 0.3) is 0 Å². The largest absolute Gasteiger partial charge is 0.491 e. The molecule has 1 aliphatic rings. The Bertz CT molecular complexity index is 498. The highest BCUT2D eigenvalue weighted by atomic mass is 16.5.